The highest BCUT2D eigenvalue weighted by Crippen LogP contribution is 2.36. The number of hydrogen-bond donors (Lipinski definition) is 4. The minimum atomic E-state index is -4.67. The minimum absolute atomic E-state index is 0.0874. The smallest absolute Gasteiger partial charge is 0.417 e. The molecule has 2 aromatic carbocycles. The summed E-state index contributed by atoms with van der Waals surface area (Å²) in [7, 11) is 0. The van der Waals surface area contributed by atoms with Crippen molar-refractivity contribution in [3.05, 3.63) is 113 Å². The zero-order chi connectivity index (χ0) is 33.1. The van der Waals surface area contributed by atoms with Crippen molar-refractivity contribution in [2.45, 2.75) is 25.6 Å². The number of alkyl halides is 3. The van der Waals surface area contributed by atoms with Crippen LogP contribution in [0.2, 0.25) is 5.02 Å². The van der Waals surface area contributed by atoms with Crippen molar-refractivity contribution in [3.8, 4) is 11.5 Å². The predicted octanol–water partition coefficient (Wildman–Crippen LogP) is 6.92. The fraction of sp³-hybridized carbons (Fsp3) is 0.156. The van der Waals surface area contributed by atoms with Crippen LogP contribution in [0.25, 0.3) is 6.08 Å². The molecule has 0 radical (unpaired) electrons. The molecular weight excluding hydrogens is 625 g/mol. The van der Waals surface area contributed by atoms with Crippen LogP contribution in [0.3, 0.4) is 0 Å². The van der Waals surface area contributed by atoms with E-state index in [1.165, 1.54) is 36.5 Å². The van der Waals surface area contributed by atoms with Gasteiger partial charge < -0.3 is 26.0 Å². The maximum Gasteiger partial charge on any atom is 0.417 e. The molecule has 1 atom stereocenters. The van der Waals surface area contributed by atoms with Gasteiger partial charge in [-0.25, -0.2) is 4.79 Å². The SMILES string of the molecule is CCC(CNC(=O)c1cc(Oc2ccc(NC(=O)Nc3ccc(Cl)c(C(F)(F)F)c3)cc2)ccn1)NC(=O)/C=C/c1cccnc1. The molecular formula is C32H28ClF3N6O4. The number of benzene rings is 2. The number of aromatic nitrogens is 2. The highest BCUT2D eigenvalue weighted by Gasteiger charge is 2.33. The number of carbonyl (C=O) groups is 3. The lowest BCUT2D eigenvalue weighted by molar-refractivity contribution is -0.137. The number of rotatable bonds is 11. The third-order valence-corrected chi connectivity index (χ3v) is 6.63. The third kappa shape index (κ3) is 10.1. The number of pyridine rings is 2. The van der Waals surface area contributed by atoms with Crippen LogP contribution in [-0.2, 0) is 11.0 Å². The van der Waals surface area contributed by atoms with Gasteiger partial charge in [-0.3, -0.25) is 19.6 Å². The molecule has 14 heteroatoms. The molecule has 4 N–H and O–H groups in total. The van der Waals surface area contributed by atoms with Crippen LogP contribution >= 0.6 is 11.6 Å². The molecule has 2 aromatic heterocycles. The average molecular weight is 653 g/mol. The van der Waals surface area contributed by atoms with Gasteiger partial charge in [-0.1, -0.05) is 24.6 Å². The Morgan fingerprint density at radius 1 is 0.957 bits per heavy atom. The zero-order valence-electron chi connectivity index (χ0n) is 24.3. The Bertz CT molecular complexity index is 1700. The Morgan fingerprint density at radius 2 is 1.70 bits per heavy atom. The molecule has 0 aliphatic heterocycles. The van der Waals surface area contributed by atoms with E-state index < -0.39 is 28.7 Å². The summed E-state index contributed by atoms with van der Waals surface area (Å²) in [6, 6.07) is 14.7. The number of urea groups is 1. The maximum atomic E-state index is 13.1. The number of hydrogen-bond acceptors (Lipinski definition) is 6. The molecule has 0 saturated carbocycles. The fourth-order valence-electron chi connectivity index (χ4n) is 3.95. The number of halogens is 4. The molecule has 0 aliphatic carbocycles. The zero-order valence-corrected chi connectivity index (χ0v) is 25.0. The number of carbonyl (C=O) groups excluding carboxylic acids is 3. The first-order valence-electron chi connectivity index (χ1n) is 13.9. The second-order valence-electron chi connectivity index (χ2n) is 9.72. The van der Waals surface area contributed by atoms with E-state index in [0.29, 0.717) is 23.6 Å². The highest BCUT2D eigenvalue weighted by atomic mass is 35.5. The topological polar surface area (TPSA) is 134 Å². The van der Waals surface area contributed by atoms with E-state index >= 15 is 0 Å². The molecule has 4 rings (SSSR count). The van der Waals surface area contributed by atoms with Gasteiger partial charge >= 0.3 is 12.2 Å². The average Bonchev–Trinajstić information content (AvgIpc) is 3.03. The van der Waals surface area contributed by atoms with E-state index in [2.05, 4.69) is 31.2 Å². The van der Waals surface area contributed by atoms with E-state index in [4.69, 9.17) is 16.3 Å². The van der Waals surface area contributed by atoms with Crippen LogP contribution in [0.4, 0.5) is 29.3 Å². The van der Waals surface area contributed by atoms with Gasteiger partial charge in [-0.2, -0.15) is 13.2 Å². The number of amides is 4. The summed E-state index contributed by atoms with van der Waals surface area (Å²) in [5, 5.41) is 9.98. The highest BCUT2D eigenvalue weighted by molar-refractivity contribution is 6.31. The summed E-state index contributed by atoms with van der Waals surface area (Å²) in [5.41, 5.74) is 0.0717. The summed E-state index contributed by atoms with van der Waals surface area (Å²) in [4.78, 5) is 45.5. The van der Waals surface area contributed by atoms with Gasteiger partial charge in [0.15, 0.2) is 0 Å². The second-order valence-corrected chi connectivity index (χ2v) is 10.1. The molecule has 4 amide bonds. The van der Waals surface area contributed by atoms with Crippen molar-refractivity contribution in [2.75, 3.05) is 17.2 Å². The number of ether oxygens (including phenoxy) is 1. The normalized spacial score (nSPS) is 11.8. The fourth-order valence-corrected chi connectivity index (χ4v) is 4.18. The van der Waals surface area contributed by atoms with E-state index in [1.54, 1.807) is 42.7 Å². The molecule has 4 aromatic rings. The van der Waals surface area contributed by atoms with Crippen molar-refractivity contribution in [2.24, 2.45) is 0 Å². The van der Waals surface area contributed by atoms with Crippen LogP contribution in [0.15, 0.2) is 91.4 Å². The van der Waals surface area contributed by atoms with Crippen molar-refractivity contribution >= 4 is 46.9 Å². The lowest BCUT2D eigenvalue weighted by Gasteiger charge is -2.16. The summed E-state index contributed by atoms with van der Waals surface area (Å²) in [6.07, 6.45) is 3.64. The molecule has 1 unspecified atom stereocenters. The van der Waals surface area contributed by atoms with Gasteiger partial charge in [-0.15, -0.1) is 0 Å². The lowest BCUT2D eigenvalue weighted by Crippen LogP contribution is -2.42. The first kappa shape index (κ1) is 33.5. The van der Waals surface area contributed by atoms with Crippen LogP contribution in [-0.4, -0.2) is 40.4 Å². The summed E-state index contributed by atoms with van der Waals surface area (Å²) in [6.45, 7) is 2.06. The standard InChI is InChI=1S/C32H28ClF3N6O4/c1-2-21(40-29(43)12-5-20-4-3-14-37-18-20)19-39-30(44)28-17-25(13-15-38-28)46-24-9-6-22(7-10-24)41-31(45)42-23-8-11-27(33)26(16-23)32(34,35)36/h3-18,21H,2,19H2,1H3,(H,39,44)(H,40,43)(H2,41,42,45)/b12-5+. The van der Waals surface area contributed by atoms with Crippen LogP contribution in [0, 0.1) is 0 Å². The molecule has 238 valence electrons. The van der Waals surface area contributed by atoms with E-state index in [1.807, 2.05) is 13.0 Å². The molecule has 0 spiro atoms. The van der Waals surface area contributed by atoms with Gasteiger partial charge in [-0.05, 0) is 72.7 Å². The van der Waals surface area contributed by atoms with Crippen LogP contribution < -0.4 is 26.0 Å². The molecule has 0 saturated heterocycles. The first-order valence-corrected chi connectivity index (χ1v) is 14.2. The molecule has 46 heavy (non-hydrogen) atoms. The largest absolute Gasteiger partial charge is 0.457 e. The van der Waals surface area contributed by atoms with Crippen molar-refractivity contribution in [1.29, 1.82) is 0 Å². The van der Waals surface area contributed by atoms with Gasteiger partial charge in [0.05, 0.1) is 10.6 Å². The van der Waals surface area contributed by atoms with Gasteiger partial charge in [0, 0.05) is 54.7 Å². The molecule has 0 fully saturated rings. The van der Waals surface area contributed by atoms with Crippen molar-refractivity contribution in [1.82, 2.24) is 20.6 Å². The number of anilines is 2. The lowest BCUT2D eigenvalue weighted by atomic mass is 10.2. The quantitative estimate of drug-likeness (QED) is 0.130. The number of nitrogens with zero attached hydrogens (tertiary/aromatic N) is 2. The van der Waals surface area contributed by atoms with Crippen molar-refractivity contribution in [3.63, 3.8) is 0 Å². The van der Waals surface area contributed by atoms with Crippen molar-refractivity contribution < 1.29 is 32.3 Å². The molecule has 2 heterocycles. The minimum Gasteiger partial charge on any atom is -0.457 e. The first-order chi connectivity index (χ1) is 22.0. The van der Waals surface area contributed by atoms with E-state index in [-0.39, 0.29) is 29.9 Å². The Hall–Kier alpha value is -5.43. The predicted molar refractivity (Wildman–Crippen MR) is 168 cm³/mol. The van der Waals surface area contributed by atoms with Crippen LogP contribution in [0.1, 0.15) is 35.0 Å². The Labute approximate surface area is 267 Å². The maximum absolute atomic E-state index is 13.1. The van der Waals surface area contributed by atoms with E-state index in [0.717, 1.165) is 17.7 Å². The Balaban J connectivity index is 1.27. The number of nitrogens with one attached hydrogen (secondary N) is 4. The van der Waals surface area contributed by atoms with Crippen LogP contribution in [0.5, 0.6) is 11.5 Å². The van der Waals surface area contributed by atoms with Gasteiger partial charge in [0.1, 0.15) is 17.2 Å². The van der Waals surface area contributed by atoms with Gasteiger partial charge in [0.25, 0.3) is 5.91 Å². The van der Waals surface area contributed by atoms with E-state index in [9.17, 15) is 27.6 Å². The Kier molecular flexibility index (Phi) is 11.3. The third-order valence-electron chi connectivity index (χ3n) is 6.30. The molecule has 0 bridgehead atoms. The summed E-state index contributed by atoms with van der Waals surface area (Å²) >= 11 is 5.61. The Morgan fingerprint density at radius 3 is 2.39 bits per heavy atom. The molecule has 0 aliphatic rings. The second kappa shape index (κ2) is 15.5. The summed E-state index contributed by atoms with van der Waals surface area (Å²) < 4.78 is 45.1. The van der Waals surface area contributed by atoms with Gasteiger partial charge in [0.2, 0.25) is 5.91 Å². The monoisotopic (exact) mass is 652 g/mol. The summed E-state index contributed by atoms with van der Waals surface area (Å²) in [5.74, 6) is -0.0640. The molecule has 10 nitrogen and oxygen atoms in total.